The number of hydrogen-bond acceptors (Lipinski definition) is 9. The molecule has 2 aliphatic rings. The van der Waals surface area contributed by atoms with Gasteiger partial charge >= 0.3 is 5.97 Å². The van der Waals surface area contributed by atoms with Crippen LogP contribution in [0.2, 0.25) is 0 Å². The van der Waals surface area contributed by atoms with Gasteiger partial charge in [-0.2, -0.15) is 4.98 Å². The minimum absolute atomic E-state index is 0.0233. The third-order valence-electron chi connectivity index (χ3n) is 4.02. The molecule has 4 rings (SSSR count). The van der Waals surface area contributed by atoms with E-state index in [1.807, 2.05) is 11.8 Å². The summed E-state index contributed by atoms with van der Waals surface area (Å²) in [6.07, 6.45) is 1.60. The summed E-state index contributed by atoms with van der Waals surface area (Å²) in [7, 11) is -3.41. The van der Waals surface area contributed by atoms with Crippen molar-refractivity contribution in [2.75, 3.05) is 17.2 Å². The number of fused-ring (bicyclic) bond motifs is 3. The van der Waals surface area contributed by atoms with Gasteiger partial charge in [0, 0.05) is 17.9 Å². The molecule has 0 saturated carbocycles. The smallest absolute Gasteiger partial charge is 0.338 e. The maximum atomic E-state index is 12.3. The topological polar surface area (TPSA) is 115 Å². The fourth-order valence-corrected chi connectivity index (χ4v) is 5.04. The lowest BCUT2D eigenvalue weighted by Gasteiger charge is -2.22. The van der Waals surface area contributed by atoms with Gasteiger partial charge in [0.2, 0.25) is 0 Å². The van der Waals surface area contributed by atoms with Crippen LogP contribution in [0.3, 0.4) is 0 Å². The molecule has 3 heterocycles. The Balaban J connectivity index is 1.46. The van der Waals surface area contributed by atoms with Crippen LogP contribution in [0.25, 0.3) is 0 Å². The number of amidine groups is 1. The van der Waals surface area contributed by atoms with E-state index in [1.54, 1.807) is 18.2 Å². The van der Waals surface area contributed by atoms with E-state index < -0.39 is 16.0 Å². The number of carbonyl (C=O) groups is 1. The summed E-state index contributed by atoms with van der Waals surface area (Å²) >= 11 is 1.23. The molecule has 2 aliphatic heterocycles. The van der Waals surface area contributed by atoms with Crippen LogP contribution in [-0.4, -0.2) is 42.0 Å². The highest BCUT2D eigenvalue weighted by Crippen LogP contribution is 2.42. The second kappa shape index (κ2) is 6.97. The first-order valence-electron chi connectivity index (χ1n) is 8.36. The van der Waals surface area contributed by atoms with Crippen molar-refractivity contribution < 1.29 is 22.5 Å². The Kier molecular flexibility index (Phi) is 4.64. The first-order valence-corrected chi connectivity index (χ1v) is 10.8. The molecule has 0 amide bonds. The zero-order chi connectivity index (χ0) is 19.0. The number of sulfonamides is 1. The molecule has 0 spiro atoms. The molecule has 27 heavy (non-hydrogen) atoms. The van der Waals surface area contributed by atoms with Crippen molar-refractivity contribution in [3.8, 4) is 0 Å². The molecule has 0 N–H and O–H groups in total. The average Bonchev–Trinajstić information content (AvgIpc) is 3.21. The molecule has 0 atom stereocenters. The summed E-state index contributed by atoms with van der Waals surface area (Å²) in [4.78, 5) is 19.1. The first kappa shape index (κ1) is 18.0. The lowest BCUT2D eigenvalue weighted by molar-refractivity contribution is 0.0429. The van der Waals surface area contributed by atoms with Crippen LogP contribution in [-0.2, 0) is 27.8 Å². The number of anilines is 1. The van der Waals surface area contributed by atoms with Crippen LogP contribution < -0.4 is 4.90 Å². The van der Waals surface area contributed by atoms with Crippen LogP contribution in [0, 0.1) is 0 Å². The Labute approximate surface area is 159 Å². The number of esters is 1. The van der Waals surface area contributed by atoms with Gasteiger partial charge in [0.25, 0.3) is 15.9 Å². The highest BCUT2D eigenvalue weighted by atomic mass is 32.2. The highest BCUT2D eigenvalue weighted by molar-refractivity contribution is 8.15. The Bertz CT molecular complexity index is 1030. The maximum Gasteiger partial charge on any atom is 0.338 e. The lowest BCUT2D eigenvalue weighted by atomic mass is 10.2. The molecule has 0 bridgehead atoms. The summed E-state index contributed by atoms with van der Waals surface area (Å²) < 4.78 is 37.4. The Morgan fingerprint density at radius 2 is 2.26 bits per heavy atom. The van der Waals surface area contributed by atoms with Crippen molar-refractivity contribution in [3.63, 3.8) is 0 Å². The van der Waals surface area contributed by atoms with Crippen molar-refractivity contribution in [2.24, 2.45) is 4.40 Å². The Morgan fingerprint density at radius 1 is 1.41 bits per heavy atom. The van der Waals surface area contributed by atoms with Gasteiger partial charge < -0.3 is 14.2 Å². The molecule has 9 nitrogen and oxygen atoms in total. The predicted molar refractivity (Wildman–Crippen MR) is 98.3 cm³/mol. The zero-order valence-corrected chi connectivity index (χ0v) is 16.0. The fraction of sp³-hybridized carbons (Fsp3) is 0.375. The largest absolute Gasteiger partial charge is 0.452 e. The zero-order valence-electron chi connectivity index (χ0n) is 14.4. The quantitative estimate of drug-likeness (QED) is 0.685. The van der Waals surface area contributed by atoms with Crippen LogP contribution in [0.4, 0.5) is 5.69 Å². The third-order valence-corrected chi connectivity index (χ3v) is 6.33. The summed E-state index contributed by atoms with van der Waals surface area (Å²) in [5.41, 5.74) is 1.20. The molecule has 0 aliphatic carbocycles. The Hall–Kier alpha value is -2.40. The van der Waals surface area contributed by atoms with Gasteiger partial charge in [-0.3, -0.25) is 0 Å². The number of thioether (sulfide) groups is 1. The van der Waals surface area contributed by atoms with Crippen LogP contribution in [0.5, 0.6) is 0 Å². The molecule has 0 unspecified atom stereocenters. The van der Waals surface area contributed by atoms with Gasteiger partial charge in [-0.25, -0.2) is 13.2 Å². The molecule has 11 heteroatoms. The molecule has 1 aromatic carbocycles. The average molecular weight is 408 g/mol. The standard InChI is InChI=1S/C16H16N4O5S2/c1-2-3-13-17-14(25-18-13)9-24-15(21)10-4-5-11-12(8-10)26-16-19-27(22,23)7-6-20(11)16/h4-5,8H,2-3,6-7,9H2,1H3. The molecule has 1 aromatic heterocycles. The van der Waals surface area contributed by atoms with Gasteiger partial charge in [0.1, 0.15) is 0 Å². The molecule has 2 aromatic rings. The van der Waals surface area contributed by atoms with E-state index in [0.717, 1.165) is 17.0 Å². The number of benzene rings is 1. The van der Waals surface area contributed by atoms with Gasteiger partial charge in [0.05, 0.1) is 17.0 Å². The minimum atomic E-state index is -3.41. The number of hydrogen-bond donors (Lipinski definition) is 0. The summed E-state index contributed by atoms with van der Waals surface area (Å²) in [5, 5.41) is 4.22. The second-order valence-electron chi connectivity index (χ2n) is 6.03. The minimum Gasteiger partial charge on any atom is -0.452 e. The molecule has 142 valence electrons. The van der Waals surface area contributed by atoms with Gasteiger partial charge in [-0.05, 0) is 36.4 Å². The van der Waals surface area contributed by atoms with Crippen molar-refractivity contribution in [1.82, 2.24) is 10.1 Å². The third kappa shape index (κ3) is 3.69. The number of ether oxygens (including phenoxy) is 1. The van der Waals surface area contributed by atoms with Gasteiger partial charge in [-0.1, -0.05) is 12.1 Å². The normalized spacial score (nSPS) is 17.2. The van der Waals surface area contributed by atoms with Crippen LogP contribution in [0.15, 0.2) is 32.0 Å². The van der Waals surface area contributed by atoms with Crippen LogP contribution in [0.1, 0.15) is 35.4 Å². The van der Waals surface area contributed by atoms with Gasteiger partial charge in [0.15, 0.2) is 17.6 Å². The van der Waals surface area contributed by atoms with Crippen LogP contribution >= 0.6 is 11.8 Å². The molecular weight excluding hydrogens is 392 g/mol. The monoisotopic (exact) mass is 408 g/mol. The molecule has 0 saturated heterocycles. The Morgan fingerprint density at radius 3 is 3.07 bits per heavy atom. The number of aryl methyl sites for hydroxylation is 1. The SMILES string of the molecule is CCCc1noc(COC(=O)c2ccc3c(c2)SC2=NS(=O)(=O)CCN23)n1. The summed E-state index contributed by atoms with van der Waals surface area (Å²) in [6, 6.07) is 5.08. The van der Waals surface area contributed by atoms with E-state index in [4.69, 9.17) is 9.26 Å². The number of nitrogens with zero attached hydrogens (tertiary/aromatic N) is 4. The van der Waals surface area contributed by atoms with E-state index in [0.29, 0.717) is 29.5 Å². The second-order valence-corrected chi connectivity index (χ2v) is 8.79. The molecule has 0 fully saturated rings. The van der Waals surface area contributed by atoms with Crippen molar-refractivity contribution >= 4 is 38.6 Å². The summed E-state index contributed by atoms with van der Waals surface area (Å²) in [6.45, 7) is 2.26. The van der Waals surface area contributed by atoms with Crippen molar-refractivity contribution in [3.05, 3.63) is 35.5 Å². The highest BCUT2D eigenvalue weighted by Gasteiger charge is 2.33. The number of carbonyl (C=O) groups excluding carboxylic acids is 1. The van der Waals surface area contributed by atoms with Crippen molar-refractivity contribution in [2.45, 2.75) is 31.3 Å². The fourth-order valence-electron chi connectivity index (χ4n) is 2.74. The first-order chi connectivity index (χ1) is 12.9. The summed E-state index contributed by atoms with van der Waals surface area (Å²) in [5.74, 6) is 0.293. The predicted octanol–water partition coefficient (Wildman–Crippen LogP) is 1.99. The van der Waals surface area contributed by atoms with E-state index in [9.17, 15) is 13.2 Å². The number of rotatable bonds is 5. The van der Waals surface area contributed by atoms with E-state index >= 15 is 0 Å². The van der Waals surface area contributed by atoms with E-state index in [2.05, 4.69) is 14.5 Å². The van der Waals surface area contributed by atoms with E-state index in [1.165, 1.54) is 11.8 Å². The molecular formula is C16H16N4O5S2. The van der Waals surface area contributed by atoms with E-state index in [-0.39, 0.29) is 18.3 Å². The molecule has 0 radical (unpaired) electrons. The van der Waals surface area contributed by atoms with Gasteiger partial charge in [-0.15, -0.1) is 4.40 Å². The lowest BCUT2D eigenvalue weighted by Crippen LogP contribution is -2.35. The maximum absolute atomic E-state index is 12.3. The van der Waals surface area contributed by atoms with Crippen molar-refractivity contribution in [1.29, 1.82) is 0 Å². The number of aromatic nitrogens is 2.